The molecule has 0 aliphatic rings. The van der Waals surface area contributed by atoms with Gasteiger partial charge in [-0.1, -0.05) is 6.07 Å². The first-order chi connectivity index (χ1) is 7.22. The average Bonchev–Trinajstić information content (AvgIpc) is 2.70. The van der Waals surface area contributed by atoms with Gasteiger partial charge in [0.05, 0.1) is 12.8 Å². The van der Waals surface area contributed by atoms with E-state index in [1.165, 1.54) is 7.11 Å². The Morgan fingerprint density at radius 3 is 3.07 bits per heavy atom. The molecule has 2 heterocycles. The molecule has 0 aromatic carbocycles. The zero-order chi connectivity index (χ0) is 10.8. The molecule has 1 atom stereocenters. The summed E-state index contributed by atoms with van der Waals surface area (Å²) in [6.45, 7) is 0. The van der Waals surface area contributed by atoms with Crippen molar-refractivity contribution in [3.63, 3.8) is 0 Å². The fourth-order valence-electron chi connectivity index (χ4n) is 1.35. The lowest BCUT2D eigenvalue weighted by molar-refractivity contribution is -0.142. The molecule has 2 aromatic heterocycles. The van der Waals surface area contributed by atoms with Crippen molar-refractivity contribution in [2.75, 3.05) is 7.11 Å². The molecule has 0 radical (unpaired) electrons. The maximum Gasteiger partial charge on any atom is 0.328 e. The first-order valence-corrected chi connectivity index (χ1v) is 4.49. The van der Waals surface area contributed by atoms with E-state index in [1.807, 2.05) is 24.4 Å². The van der Waals surface area contributed by atoms with Gasteiger partial charge in [0, 0.05) is 12.4 Å². The van der Waals surface area contributed by atoms with Gasteiger partial charge in [0.1, 0.15) is 11.7 Å². The third kappa shape index (κ3) is 1.69. The van der Waals surface area contributed by atoms with E-state index in [2.05, 4.69) is 9.72 Å². The van der Waals surface area contributed by atoms with Crippen LogP contribution in [-0.2, 0) is 9.53 Å². The van der Waals surface area contributed by atoms with Gasteiger partial charge in [-0.15, -0.1) is 0 Å². The number of aromatic nitrogens is 2. The van der Waals surface area contributed by atoms with Crippen LogP contribution in [0.3, 0.4) is 0 Å². The summed E-state index contributed by atoms with van der Waals surface area (Å²) in [4.78, 5) is 15.4. The number of nitrogens with zero attached hydrogens (tertiary/aromatic N) is 2. The van der Waals surface area contributed by atoms with Crippen LogP contribution in [0.4, 0.5) is 0 Å². The second-order valence-corrected chi connectivity index (χ2v) is 3.13. The number of fused-ring (bicyclic) bond motifs is 1. The Morgan fingerprint density at radius 2 is 2.40 bits per heavy atom. The number of carbonyl (C=O) groups is 1. The molecular weight excluding hydrogens is 194 g/mol. The van der Waals surface area contributed by atoms with Crippen LogP contribution in [-0.4, -0.2) is 22.5 Å². The van der Waals surface area contributed by atoms with Crippen molar-refractivity contribution >= 4 is 11.6 Å². The zero-order valence-corrected chi connectivity index (χ0v) is 8.25. The van der Waals surface area contributed by atoms with Gasteiger partial charge >= 0.3 is 5.97 Å². The Labute approximate surface area is 86.5 Å². The number of imidazole rings is 1. The van der Waals surface area contributed by atoms with Crippen LogP contribution < -0.4 is 5.73 Å². The lowest BCUT2D eigenvalue weighted by Gasteiger charge is -2.04. The molecule has 2 rings (SSSR count). The molecule has 0 aliphatic heterocycles. The van der Waals surface area contributed by atoms with Gasteiger partial charge in [-0.2, -0.15) is 0 Å². The minimum Gasteiger partial charge on any atom is -0.468 e. The number of hydrogen-bond donors (Lipinski definition) is 1. The maximum atomic E-state index is 11.2. The minimum atomic E-state index is -0.824. The summed E-state index contributed by atoms with van der Waals surface area (Å²) in [7, 11) is 1.30. The third-order valence-electron chi connectivity index (χ3n) is 2.16. The van der Waals surface area contributed by atoms with E-state index >= 15 is 0 Å². The Balaban J connectivity index is 2.40. The number of carbonyl (C=O) groups excluding carboxylic acids is 1. The molecule has 5 heteroatoms. The second-order valence-electron chi connectivity index (χ2n) is 3.13. The first kappa shape index (κ1) is 9.67. The summed E-state index contributed by atoms with van der Waals surface area (Å²) >= 11 is 0. The van der Waals surface area contributed by atoms with Gasteiger partial charge in [-0.05, 0) is 12.1 Å². The predicted molar refractivity (Wildman–Crippen MR) is 54.1 cm³/mol. The highest BCUT2D eigenvalue weighted by molar-refractivity contribution is 5.76. The van der Waals surface area contributed by atoms with Crippen LogP contribution in [0, 0.1) is 0 Å². The van der Waals surface area contributed by atoms with Crippen LogP contribution in [0.25, 0.3) is 5.65 Å². The van der Waals surface area contributed by atoms with E-state index in [1.54, 1.807) is 10.6 Å². The fourth-order valence-corrected chi connectivity index (χ4v) is 1.35. The molecule has 1 unspecified atom stereocenters. The Morgan fingerprint density at radius 1 is 1.60 bits per heavy atom. The van der Waals surface area contributed by atoms with Crippen molar-refractivity contribution in [2.24, 2.45) is 5.73 Å². The number of ether oxygens (including phenoxy) is 1. The summed E-state index contributed by atoms with van der Waals surface area (Å²) in [5.74, 6) is -0.488. The molecule has 0 aliphatic carbocycles. The van der Waals surface area contributed by atoms with Crippen molar-refractivity contribution < 1.29 is 9.53 Å². The molecule has 0 saturated carbocycles. The Bertz CT molecular complexity index is 459. The number of esters is 1. The summed E-state index contributed by atoms with van der Waals surface area (Å²) in [5, 5.41) is 0. The molecule has 5 nitrogen and oxygen atoms in total. The van der Waals surface area contributed by atoms with E-state index in [0.717, 1.165) is 5.65 Å². The quantitative estimate of drug-likeness (QED) is 0.725. The zero-order valence-electron chi connectivity index (χ0n) is 8.25. The SMILES string of the molecule is COC(=O)C(N)c1cn2ccccc2n1. The number of methoxy groups -OCH3 is 1. The highest BCUT2D eigenvalue weighted by atomic mass is 16.5. The topological polar surface area (TPSA) is 69.6 Å². The largest absolute Gasteiger partial charge is 0.468 e. The summed E-state index contributed by atoms with van der Waals surface area (Å²) < 4.78 is 6.35. The van der Waals surface area contributed by atoms with Gasteiger partial charge in [-0.3, -0.25) is 0 Å². The summed E-state index contributed by atoms with van der Waals surface area (Å²) in [6.07, 6.45) is 3.56. The Hall–Kier alpha value is -1.88. The highest BCUT2D eigenvalue weighted by Crippen LogP contribution is 2.12. The smallest absolute Gasteiger partial charge is 0.328 e. The third-order valence-corrected chi connectivity index (χ3v) is 2.16. The van der Waals surface area contributed by atoms with E-state index in [9.17, 15) is 4.79 Å². The van der Waals surface area contributed by atoms with E-state index in [-0.39, 0.29) is 0 Å². The number of rotatable bonds is 2. The first-order valence-electron chi connectivity index (χ1n) is 4.49. The van der Waals surface area contributed by atoms with E-state index < -0.39 is 12.0 Å². The molecule has 0 spiro atoms. The minimum absolute atomic E-state index is 0.488. The monoisotopic (exact) mass is 205 g/mol. The predicted octanol–water partition coefficient (Wildman–Crippen LogP) is 0.507. The summed E-state index contributed by atoms with van der Waals surface area (Å²) in [5.41, 5.74) is 6.93. The van der Waals surface area contributed by atoms with Crippen LogP contribution in [0.2, 0.25) is 0 Å². The highest BCUT2D eigenvalue weighted by Gasteiger charge is 2.19. The molecule has 0 bridgehead atoms. The Kier molecular flexibility index (Phi) is 2.39. The number of pyridine rings is 1. The van der Waals surface area contributed by atoms with Crippen molar-refractivity contribution in [1.29, 1.82) is 0 Å². The van der Waals surface area contributed by atoms with Gasteiger partial charge in [0.2, 0.25) is 0 Å². The average molecular weight is 205 g/mol. The van der Waals surface area contributed by atoms with Crippen molar-refractivity contribution in [1.82, 2.24) is 9.38 Å². The second kappa shape index (κ2) is 3.70. The van der Waals surface area contributed by atoms with Gasteiger partial charge in [0.25, 0.3) is 0 Å². The molecule has 2 N–H and O–H groups in total. The summed E-state index contributed by atoms with van der Waals surface area (Å²) in [6, 6.07) is 4.76. The molecule has 0 fully saturated rings. The van der Waals surface area contributed by atoms with Crippen LogP contribution >= 0.6 is 0 Å². The number of nitrogens with two attached hydrogens (primary N) is 1. The van der Waals surface area contributed by atoms with Crippen LogP contribution in [0.1, 0.15) is 11.7 Å². The normalized spacial score (nSPS) is 12.7. The molecule has 15 heavy (non-hydrogen) atoms. The fraction of sp³-hybridized carbons (Fsp3) is 0.200. The number of hydrogen-bond acceptors (Lipinski definition) is 4. The molecule has 0 saturated heterocycles. The van der Waals surface area contributed by atoms with E-state index in [0.29, 0.717) is 5.69 Å². The van der Waals surface area contributed by atoms with E-state index in [4.69, 9.17) is 5.73 Å². The molecule has 0 amide bonds. The lowest BCUT2D eigenvalue weighted by Crippen LogP contribution is -2.22. The van der Waals surface area contributed by atoms with Gasteiger partial charge in [0.15, 0.2) is 0 Å². The van der Waals surface area contributed by atoms with Crippen molar-refractivity contribution in [2.45, 2.75) is 6.04 Å². The van der Waals surface area contributed by atoms with Crippen molar-refractivity contribution in [3.8, 4) is 0 Å². The van der Waals surface area contributed by atoms with Crippen molar-refractivity contribution in [3.05, 3.63) is 36.3 Å². The van der Waals surface area contributed by atoms with Gasteiger partial charge < -0.3 is 14.9 Å². The van der Waals surface area contributed by atoms with Crippen LogP contribution in [0.15, 0.2) is 30.6 Å². The maximum absolute atomic E-state index is 11.2. The standard InChI is InChI=1S/C10H11N3O2/c1-15-10(14)9(11)7-6-13-5-3-2-4-8(13)12-7/h2-6,9H,11H2,1H3. The molecular formula is C10H11N3O2. The lowest BCUT2D eigenvalue weighted by atomic mass is 10.2. The molecule has 78 valence electrons. The van der Waals surface area contributed by atoms with Crippen LogP contribution in [0.5, 0.6) is 0 Å². The molecule has 2 aromatic rings. The van der Waals surface area contributed by atoms with Gasteiger partial charge in [-0.25, -0.2) is 9.78 Å².